The molecule has 0 aliphatic carbocycles. The molecule has 1 fully saturated rings. The lowest BCUT2D eigenvalue weighted by atomic mass is 10.1. The molecular formula is C13H15BrFNO2. The van der Waals surface area contributed by atoms with Crippen molar-refractivity contribution in [1.82, 2.24) is 4.90 Å². The number of halogens is 2. The number of nitrogens with zero attached hydrogens (tertiary/aromatic N) is 1. The maximum atomic E-state index is 13.7. The number of ether oxygens (including phenoxy) is 1. The van der Waals surface area contributed by atoms with Crippen molar-refractivity contribution in [1.29, 1.82) is 0 Å². The minimum atomic E-state index is -0.507. The van der Waals surface area contributed by atoms with Gasteiger partial charge >= 0.3 is 0 Å². The number of rotatable bonds is 2. The van der Waals surface area contributed by atoms with Gasteiger partial charge in [0, 0.05) is 18.1 Å². The van der Waals surface area contributed by atoms with Crippen molar-refractivity contribution in [2.45, 2.75) is 25.5 Å². The lowest BCUT2D eigenvalue weighted by molar-refractivity contribution is 0.0570. The van der Waals surface area contributed by atoms with Crippen molar-refractivity contribution >= 4 is 21.8 Å². The predicted molar refractivity (Wildman–Crippen MR) is 70.0 cm³/mol. The number of carbonyl (C=O) groups is 1. The van der Waals surface area contributed by atoms with Crippen LogP contribution in [-0.4, -0.2) is 36.6 Å². The van der Waals surface area contributed by atoms with E-state index >= 15 is 0 Å². The fourth-order valence-electron chi connectivity index (χ4n) is 2.26. The monoisotopic (exact) mass is 315 g/mol. The SMILES string of the molecule is CC1OCCC1N(C)C(=O)c1c(F)cccc1Br. The summed E-state index contributed by atoms with van der Waals surface area (Å²) < 4.78 is 19.6. The average Bonchev–Trinajstić information content (AvgIpc) is 2.74. The van der Waals surface area contributed by atoms with E-state index in [1.807, 2.05) is 6.92 Å². The van der Waals surface area contributed by atoms with E-state index in [9.17, 15) is 9.18 Å². The summed E-state index contributed by atoms with van der Waals surface area (Å²) in [6.45, 7) is 2.57. The van der Waals surface area contributed by atoms with Gasteiger partial charge < -0.3 is 9.64 Å². The van der Waals surface area contributed by atoms with Crippen LogP contribution in [0, 0.1) is 5.82 Å². The van der Waals surface area contributed by atoms with Gasteiger partial charge in [0.05, 0.1) is 17.7 Å². The lowest BCUT2D eigenvalue weighted by Gasteiger charge is -2.27. The first-order chi connectivity index (χ1) is 8.52. The van der Waals surface area contributed by atoms with Gasteiger partial charge in [0.15, 0.2) is 0 Å². The molecule has 0 aromatic heterocycles. The fourth-order valence-corrected chi connectivity index (χ4v) is 2.77. The van der Waals surface area contributed by atoms with Gasteiger partial charge in [0.1, 0.15) is 5.82 Å². The van der Waals surface area contributed by atoms with Crippen molar-refractivity contribution in [2.75, 3.05) is 13.7 Å². The molecule has 1 amide bonds. The maximum Gasteiger partial charge on any atom is 0.258 e. The Balaban J connectivity index is 2.26. The summed E-state index contributed by atoms with van der Waals surface area (Å²) in [6, 6.07) is 4.53. The molecule has 1 saturated heterocycles. The van der Waals surface area contributed by atoms with Crippen molar-refractivity contribution in [3.63, 3.8) is 0 Å². The predicted octanol–water partition coefficient (Wildman–Crippen LogP) is 2.84. The second-order valence-electron chi connectivity index (χ2n) is 4.44. The molecule has 2 rings (SSSR count). The Morgan fingerprint density at radius 2 is 2.28 bits per heavy atom. The van der Waals surface area contributed by atoms with Crippen LogP contribution in [0.25, 0.3) is 0 Å². The fraction of sp³-hybridized carbons (Fsp3) is 0.462. The van der Waals surface area contributed by atoms with Gasteiger partial charge in [0.2, 0.25) is 0 Å². The lowest BCUT2D eigenvalue weighted by Crippen LogP contribution is -2.41. The normalized spacial score (nSPS) is 23.1. The van der Waals surface area contributed by atoms with Crippen LogP contribution in [0.4, 0.5) is 4.39 Å². The van der Waals surface area contributed by atoms with Gasteiger partial charge in [-0.05, 0) is 41.4 Å². The van der Waals surface area contributed by atoms with Crippen LogP contribution in [0.15, 0.2) is 22.7 Å². The Kier molecular flexibility index (Phi) is 4.02. The molecule has 2 atom stereocenters. The zero-order chi connectivity index (χ0) is 13.3. The third kappa shape index (κ3) is 2.42. The molecule has 0 N–H and O–H groups in total. The molecule has 0 radical (unpaired) electrons. The van der Waals surface area contributed by atoms with Crippen molar-refractivity contribution < 1.29 is 13.9 Å². The molecular weight excluding hydrogens is 301 g/mol. The highest BCUT2D eigenvalue weighted by molar-refractivity contribution is 9.10. The Hall–Kier alpha value is -0.940. The minimum absolute atomic E-state index is 0.00371. The van der Waals surface area contributed by atoms with Gasteiger partial charge in [0.25, 0.3) is 5.91 Å². The van der Waals surface area contributed by atoms with Crippen LogP contribution in [0.2, 0.25) is 0 Å². The summed E-state index contributed by atoms with van der Waals surface area (Å²) in [5.74, 6) is -0.824. The van der Waals surface area contributed by atoms with Crippen molar-refractivity contribution in [3.05, 3.63) is 34.1 Å². The van der Waals surface area contributed by atoms with E-state index in [2.05, 4.69) is 15.9 Å². The second-order valence-corrected chi connectivity index (χ2v) is 5.30. The number of amides is 1. The van der Waals surface area contributed by atoms with Crippen LogP contribution in [-0.2, 0) is 4.74 Å². The van der Waals surface area contributed by atoms with Gasteiger partial charge in [-0.25, -0.2) is 4.39 Å². The first-order valence-corrected chi connectivity index (χ1v) is 6.64. The summed E-state index contributed by atoms with van der Waals surface area (Å²) in [4.78, 5) is 13.9. The molecule has 18 heavy (non-hydrogen) atoms. The number of hydrogen-bond acceptors (Lipinski definition) is 2. The molecule has 1 aliphatic rings. The van der Waals surface area contributed by atoms with Crippen LogP contribution in [0.3, 0.4) is 0 Å². The highest BCUT2D eigenvalue weighted by Crippen LogP contribution is 2.25. The standard InChI is InChI=1S/C13H15BrFNO2/c1-8-11(6-7-18-8)16(2)13(17)12-9(14)4-3-5-10(12)15/h3-5,8,11H,6-7H2,1-2H3. The van der Waals surface area contributed by atoms with Gasteiger partial charge in [-0.2, -0.15) is 0 Å². The van der Waals surface area contributed by atoms with E-state index in [4.69, 9.17) is 4.74 Å². The maximum absolute atomic E-state index is 13.7. The van der Waals surface area contributed by atoms with E-state index in [0.717, 1.165) is 6.42 Å². The van der Waals surface area contributed by atoms with E-state index in [-0.39, 0.29) is 23.6 Å². The first kappa shape index (κ1) is 13.5. The van der Waals surface area contributed by atoms with E-state index in [1.54, 1.807) is 24.1 Å². The second kappa shape index (κ2) is 5.36. The van der Waals surface area contributed by atoms with Crippen molar-refractivity contribution in [2.24, 2.45) is 0 Å². The van der Waals surface area contributed by atoms with Crippen LogP contribution >= 0.6 is 15.9 Å². The van der Waals surface area contributed by atoms with Gasteiger partial charge in [-0.1, -0.05) is 6.07 Å². The number of likely N-dealkylation sites (N-methyl/N-ethyl adjacent to an activating group) is 1. The molecule has 1 aromatic rings. The molecule has 0 spiro atoms. The molecule has 5 heteroatoms. The molecule has 2 unspecified atom stereocenters. The largest absolute Gasteiger partial charge is 0.376 e. The van der Waals surface area contributed by atoms with Gasteiger partial charge in [-0.15, -0.1) is 0 Å². The Morgan fingerprint density at radius 1 is 1.56 bits per heavy atom. The highest BCUT2D eigenvalue weighted by Gasteiger charge is 2.32. The number of carbonyl (C=O) groups excluding carboxylic acids is 1. The summed E-state index contributed by atoms with van der Waals surface area (Å²) in [5, 5.41) is 0. The van der Waals surface area contributed by atoms with E-state index < -0.39 is 5.82 Å². The third-order valence-corrected chi connectivity index (χ3v) is 3.99. The smallest absolute Gasteiger partial charge is 0.258 e. The molecule has 98 valence electrons. The van der Waals surface area contributed by atoms with Crippen molar-refractivity contribution in [3.8, 4) is 0 Å². The Labute approximate surface area is 114 Å². The topological polar surface area (TPSA) is 29.5 Å². The Morgan fingerprint density at radius 3 is 2.83 bits per heavy atom. The highest BCUT2D eigenvalue weighted by atomic mass is 79.9. The zero-order valence-electron chi connectivity index (χ0n) is 10.3. The number of benzene rings is 1. The molecule has 3 nitrogen and oxygen atoms in total. The third-order valence-electron chi connectivity index (χ3n) is 3.33. The molecule has 1 heterocycles. The van der Waals surface area contributed by atoms with Crippen LogP contribution < -0.4 is 0 Å². The molecule has 0 saturated carbocycles. The van der Waals surface area contributed by atoms with E-state index in [0.29, 0.717) is 11.1 Å². The van der Waals surface area contributed by atoms with Gasteiger partial charge in [-0.3, -0.25) is 4.79 Å². The molecule has 1 aliphatic heterocycles. The summed E-state index contributed by atoms with van der Waals surface area (Å²) in [6.07, 6.45) is 0.777. The minimum Gasteiger partial charge on any atom is -0.376 e. The Bertz CT molecular complexity index is 446. The molecule has 0 bridgehead atoms. The van der Waals surface area contributed by atoms with Crippen LogP contribution in [0.1, 0.15) is 23.7 Å². The summed E-state index contributed by atoms with van der Waals surface area (Å²) >= 11 is 3.22. The summed E-state index contributed by atoms with van der Waals surface area (Å²) in [5.41, 5.74) is 0.0825. The van der Waals surface area contributed by atoms with Crippen LogP contribution in [0.5, 0.6) is 0 Å². The number of hydrogen-bond donors (Lipinski definition) is 0. The average molecular weight is 316 g/mol. The zero-order valence-corrected chi connectivity index (χ0v) is 11.9. The quantitative estimate of drug-likeness (QED) is 0.840. The first-order valence-electron chi connectivity index (χ1n) is 5.85. The molecule has 1 aromatic carbocycles. The summed E-state index contributed by atoms with van der Waals surface area (Å²) in [7, 11) is 1.69. The van der Waals surface area contributed by atoms with E-state index in [1.165, 1.54) is 6.07 Å².